The van der Waals surface area contributed by atoms with Crippen molar-refractivity contribution in [2.45, 2.75) is 18.6 Å². The summed E-state index contributed by atoms with van der Waals surface area (Å²) in [6.07, 6.45) is 3.48. The van der Waals surface area contributed by atoms with Gasteiger partial charge in [-0.05, 0) is 12.8 Å². The van der Waals surface area contributed by atoms with Crippen molar-refractivity contribution in [3.8, 4) is 0 Å². The largest absolute Gasteiger partial charge is 0.381 e. The molecule has 2 rings (SSSR count). The summed E-state index contributed by atoms with van der Waals surface area (Å²) in [5.74, 6) is -0.503. The Morgan fingerprint density at radius 1 is 1.64 bits per heavy atom. The van der Waals surface area contributed by atoms with Gasteiger partial charge in [0.05, 0.1) is 12.9 Å². The number of guanidine groups is 1. The molecule has 0 bridgehead atoms. The Morgan fingerprint density at radius 3 is 3.14 bits per heavy atom. The zero-order valence-corrected chi connectivity index (χ0v) is 7.94. The van der Waals surface area contributed by atoms with Crippen LogP contribution in [0.15, 0.2) is 9.98 Å². The molecule has 6 heteroatoms. The maximum Gasteiger partial charge on any atom is 0.212 e. The van der Waals surface area contributed by atoms with Crippen LogP contribution >= 0.6 is 0 Å². The van der Waals surface area contributed by atoms with Crippen molar-refractivity contribution in [3.05, 3.63) is 0 Å². The van der Waals surface area contributed by atoms with Gasteiger partial charge >= 0.3 is 0 Å². The zero-order chi connectivity index (χ0) is 10.0. The summed E-state index contributed by atoms with van der Waals surface area (Å²) in [7, 11) is 0. The van der Waals surface area contributed by atoms with Gasteiger partial charge < -0.3 is 15.8 Å². The lowest BCUT2D eigenvalue weighted by Gasteiger charge is -2.34. The molecule has 0 aromatic rings. The molecule has 0 aliphatic carbocycles. The summed E-state index contributed by atoms with van der Waals surface area (Å²) in [5, 5.41) is 2.69. The number of hydrogen-bond acceptors (Lipinski definition) is 6. The maximum atomic E-state index is 6.04. The first-order valence-electron chi connectivity index (χ1n) is 4.73. The third-order valence-corrected chi connectivity index (χ3v) is 2.54. The highest BCUT2D eigenvalue weighted by Gasteiger charge is 2.36. The van der Waals surface area contributed by atoms with E-state index in [1.54, 1.807) is 0 Å². The first-order valence-corrected chi connectivity index (χ1v) is 4.73. The van der Waals surface area contributed by atoms with Crippen LogP contribution in [0.1, 0.15) is 12.8 Å². The van der Waals surface area contributed by atoms with E-state index in [2.05, 4.69) is 15.3 Å². The minimum Gasteiger partial charge on any atom is -0.381 e. The normalized spacial score (nSPS) is 37.5. The second-order valence-corrected chi connectivity index (χ2v) is 3.60. The second-order valence-electron chi connectivity index (χ2n) is 3.60. The van der Waals surface area contributed by atoms with E-state index >= 15 is 0 Å². The van der Waals surface area contributed by atoms with Crippen LogP contribution < -0.4 is 16.8 Å². The van der Waals surface area contributed by atoms with Gasteiger partial charge in [-0.15, -0.1) is 0 Å². The van der Waals surface area contributed by atoms with Crippen LogP contribution in [0, 0.1) is 5.92 Å². The van der Waals surface area contributed by atoms with Crippen molar-refractivity contribution < 1.29 is 4.74 Å². The summed E-state index contributed by atoms with van der Waals surface area (Å²) >= 11 is 0. The molecule has 1 saturated heterocycles. The van der Waals surface area contributed by atoms with E-state index in [1.165, 1.54) is 6.34 Å². The molecule has 0 radical (unpaired) electrons. The highest BCUT2D eigenvalue weighted by atomic mass is 16.5. The molecule has 1 fully saturated rings. The molecule has 2 aliphatic heterocycles. The summed E-state index contributed by atoms with van der Waals surface area (Å²) in [6.45, 7) is 1.40. The Labute approximate surface area is 82.4 Å². The van der Waals surface area contributed by atoms with Crippen LogP contribution in [-0.2, 0) is 4.74 Å². The molecule has 2 atom stereocenters. The van der Waals surface area contributed by atoms with Gasteiger partial charge in [0.15, 0.2) is 5.96 Å². The molecular formula is C8H15N5O. The van der Waals surface area contributed by atoms with Crippen LogP contribution in [0.25, 0.3) is 0 Å². The first-order chi connectivity index (χ1) is 6.71. The zero-order valence-electron chi connectivity index (χ0n) is 7.94. The molecule has 0 spiro atoms. The maximum absolute atomic E-state index is 6.04. The van der Waals surface area contributed by atoms with Crippen LogP contribution in [0.3, 0.4) is 0 Å². The van der Waals surface area contributed by atoms with Gasteiger partial charge in [0.25, 0.3) is 0 Å². The Bertz CT molecular complexity index is 271. The minimum atomic E-state index is -0.935. The van der Waals surface area contributed by atoms with Crippen molar-refractivity contribution in [1.29, 1.82) is 0 Å². The summed E-state index contributed by atoms with van der Waals surface area (Å²) in [4.78, 5) is 8.25. The molecule has 78 valence electrons. The molecule has 0 aromatic heterocycles. The van der Waals surface area contributed by atoms with Gasteiger partial charge in [-0.1, -0.05) is 0 Å². The van der Waals surface area contributed by atoms with Crippen molar-refractivity contribution in [2.24, 2.45) is 27.4 Å². The van der Waals surface area contributed by atoms with Gasteiger partial charge in [0.2, 0.25) is 5.79 Å². The van der Waals surface area contributed by atoms with E-state index < -0.39 is 5.79 Å². The highest BCUT2D eigenvalue weighted by Crippen LogP contribution is 2.26. The fourth-order valence-electron chi connectivity index (χ4n) is 1.73. The second kappa shape index (κ2) is 3.55. The fourth-order valence-corrected chi connectivity index (χ4v) is 1.73. The molecule has 6 nitrogen and oxygen atoms in total. The number of nitrogens with two attached hydrogens (primary N) is 2. The number of rotatable bonds is 1. The Hall–Kier alpha value is -1.14. The summed E-state index contributed by atoms with van der Waals surface area (Å²) in [5.41, 5.74) is 11.6. The molecule has 0 aromatic carbocycles. The molecule has 0 saturated carbocycles. The Morgan fingerprint density at radius 2 is 2.50 bits per heavy atom. The number of nitrogens with one attached hydrogen (secondary N) is 1. The number of nitrogens with zero attached hydrogens (tertiary/aromatic N) is 2. The SMILES string of the molecule is NC1=NC(N)(C2CCCOC2)N=CN1. The molecule has 2 unspecified atom stereocenters. The van der Waals surface area contributed by atoms with Gasteiger partial charge in [-0.3, -0.25) is 5.73 Å². The summed E-state index contributed by atoms with van der Waals surface area (Å²) in [6, 6.07) is 0. The number of hydrogen-bond donors (Lipinski definition) is 3. The van der Waals surface area contributed by atoms with E-state index in [0.29, 0.717) is 12.6 Å². The number of aliphatic imine (C=N–C) groups is 2. The minimum absolute atomic E-state index is 0.119. The van der Waals surface area contributed by atoms with Crippen LogP contribution in [-0.4, -0.2) is 31.3 Å². The van der Waals surface area contributed by atoms with Crippen LogP contribution in [0.2, 0.25) is 0 Å². The highest BCUT2D eigenvalue weighted by molar-refractivity contribution is 5.90. The predicted octanol–water partition coefficient (Wildman–Crippen LogP) is -1.03. The molecule has 2 heterocycles. The lowest BCUT2D eigenvalue weighted by Crippen LogP contribution is -2.53. The predicted molar refractivity (Wildman–Crippen MR) is 53.7 cm³/mol. The van der Waals surface area contributed by atoms with E-state index in [-0.39, 0.29) is 5.92 Å². The van der Waals surface area contributed by atoms with Crippen molar-refractivity contribution in [2.75, 3.05) is 13.2 Å². The first kappa shape index (κ1) is 9.42. The molecule has 2 aliphatic rings. The van der Waals surface area contributed by atoms with Crippen LogP contribution in [0.4, 0.5) is 0 Å². The average Bonchev–Trinajstić information content (AvgIpc) is 2.19. The van der Waals surface area contributed by atoms with Crippen molar-refractivity contribution in [3.63, 3.8) is 0 Å². The Kier molecular flexibility index (Phi) is 2.39. The number of ether oxygens (including phenoxy) is 1. The van der Waals surface area contributed by atoms with Crippen molar-refractivity contribution in [1.82, 2.24) is 5.32 Å². The Balaban J connectivity index is 2.13. The van der Waals surface area contributed by atoms with Gasteiger partial charge in [0, 0.05) is 12.5 Å². The molecule has 14 heavy (non-hydrogen) atoms. The summed E-state index contributed by atoms with van der Waals surface area (Å²) < 4.78 is 5.35. The van der Waals surface area contributed by atoms with Gasteiger partial charge in [0.1, 0.15) is 0 Å². The van der Waals surface area contributed by atoms with E-state index in [1.807, 2.05) is 0 Å². The lowest BCUT2D eigenvalue weighted by molar-refractivity contribution is 0.0248. The van der Waals surface area contributed by atoms with Gasteiger partial charge in [-0.2, -0.15) is 0 Å². The van der Waals surface area contributed by atoms with E-state index in [4.69, 9.17) is 16.2 Å². The molecular weight excluding hydrogens is 182 g/mol. The third-order valence-electron chi connectivity index (χ3n) is 2.54. The topological polar surface area (TPSA) is 98.0 Å². The monoisotopic (exact) mass is 197 g/mol. The quantitative estimate of drug-likeness (QED) is 0.500. The molecule has 5 N–H and O–H groups in total. The van der Waals surface area contributed by atoms with E-state index in [9.17, 15) is 0 Å². The van der Waals surface area contributed by atoms with E-state index in [0.717, 1.165) is 19.4 Å². The van der Waals surface area contributed by atoms with Gasteiger partial charge in [-0.25, -0.2) is 9.98 Å². The molecule has 0 amide bonds. The smallest absolute Gasteiger partial charge is 0.212 e. The average molecular weight is 197 g/mol. The fraction of sp³-hybridized carbons (Fsp3) is 0.750. The van der Waals surface area contributed by atoms with Crippen molar-refractivity contribution >= 4 is 12.3 Å². The third kappa shape index (κ3) is 1.71. The lowest BCUT2D eigenvalue weighted by atomic mass is 9.95. The van der Waals surface area contributed by atoms with Crippen LogP contribution in [0.5, 0.6) is 0 Å². The standard InChI is InChI=1S/C8H15N5O/c9-7-11-5-12-8(10,13-7)6-2-1-3-14-4-6/h5-6H,1-4,10H2,(H3,9,11,12,13).